The molecule has 2 unspecified atom stereocenters. The summed E-state index contributed by atoms with van der Waals surface area (Å²) in [5, 5.41) is 6.30. The Kier molecular flexibility index (Phi) is 5.37. The zero-order valence-electron chi connectivity index (χ0n) is 15.6. The fourth-order valence-electron chi connectivity index (χ4n) is 3.33. The van der Waals surface area contributed by atoms with Gasteiger partial charge in [-0.3, -0.25) is 4.99 Å². The van der Waals surface area contributed by atoms with Crippen LogP contribution in [0.15, 0.2) is 41.4 Å². The molecule has 2 atom stereocenters. The van der Waals surface area contributed by atoms with Crippen LogP contribution in [0.3, 0.4) is 0 Å². The number of rotatable bonds is 6. The Bertz CT molecular complexity index is 923. The molecule has 0 amide bonds. The van der Waals surface area contributed by atoms with Crippen LogP contribution in [0, 0.1) is 5.82 Å². The number of guanidine groups is 1. The summed E-state index contributed by atoms with van der Waals surface area (Å²) >= 11 is 0. The molecule has 0 aromatic heterocycles. The summed E-state index contributed by atoms with van der Waals surface area (Å²) in [6, 6.07) is 9.72. The Morgan fingerprint density at radius 1 is 1.24 bits per heavy atom. The number of hydrogen-bond donors (Lipinski definition) is 2. The van der Waals surface area contributed by atoms with E-state index in [0.29, 0.717) is 28.6 Å². The fraction of sp³-hybridized carbons (Fsp3) is 0.350. The molecular formula is C20H20F3N3O3. The van der Waals surface area contributed by atoms with Crippen molar-refractivity contribution in [3.8, 4) is 17.2 Å². The van der Waals surface area contributed by atoms with Gasteiger partial charge in [0.2, 0.25) is 6.79 Å². The van der Waals surface area contributed by atoms with E-state index in [-0.39, 0.29) is 36.9 Å². The van der Waals surface area contributed by atoms with Crippen LogP contribution in [0.1, 0.15) is 23.5 Å². The van der Waals surface area contributed by atoms with Gasteiger partial charge in [-0.25, -0.2) is 4.39 Å². The largest absolute Gasteiger partial charge is 0.454 e. The predicted octanol–water partition coefficient (Wildman–Crippen LogP) is 3.38. The third-order valence-electron chi connectivity index (χ3n) is 4.86. The molecule has 0 radical (unpaired) electrons. The van der Waals surface area contributed by atoms with Gasteiger partial charge in [-0.05, 0) is 24.1 Å². The van der Waals surface area contributed by atoms with Crippen LogP contribution in [0.5, 0.6) is 17.2 Å². The molecule has 0 saturated heterocycles. The van der Waals surface area contributed by atoms with Gasteiger partial charge in [0, 0.05) is 37.2 Å². The molecule has 29 heavy (non-hydrogen) atoms. The van der Waals surface area contributed by atoms with E-state index in [1.165, 1.54) is 12.1 Å². The molecule has 1 saturated carbocycles. The van der Waals surface area contributed by atoms with Crippen molar-refractivity contribution in [1.29, 1.82) is 0 Å². The smallest absolute Gasteiger partial charge is 0.387 e. The molecule has 154 valence electrons. The first kappa shape index (κ1) is 19.2. The quantitative estimate of drug-likeness (QED) is 0.568. The molecule has 0 bridgehead atoms. The molecule has 4 rings (SSSR count). The first-order chi connectivity index (χ1) is 14.0. The van der Waals surface area contributed by atoms with Gasteiger partial charge in [0.15, 0.2) is 17.5 Å². The number of aliphatic imine (C=N–C) groups is 1. The van der Waals surface area contributed by atoms with Crippen LogP contribution in [-0.4, -0.2) is 32.5 Å². The van der Waals surface area contributed by atoms with Gasteiger partial charge >= 0.3 is 6.61 Å². The molecule has 2 aromatic carbocycles. The maximum absolute atomic E-state index is 13.9. The molecule has 1 aliphatic carbocycles. The molecule has 1 fully saturated rings. The van der Waals surface area contributed by atoms with Crippen molar-refractivity contribution in [2.45, 2.75) is 31.5 Å². The average Bonchev–Trinajstić information content (AvgIpc) is 3.30. The van der Waals surface area contributed by atoms with Crippen molar-refractivity contribution >= 4 is 5.96 Å². The second-order valence-corrected chi connectivity index (χ2v) is 6.73. The van der Waals surface area contributed by atoms with Crippen LogP contribution in [-0.2, 0) is 6.54 Å². The van der Waals surface area contributed by atoms with Crippen molar-refractivity contribution in [1.82, 2.24) is 10.6 Å². The number of nitrogens with one attached hydrogen (secondary N) is 2. The van der Waals surface area contributed by atoms with Crippen molar-refractivity contribution in [3.63, 3.8) is 0 Å². The fourth-order valence-corrected chi connectivity index (χ4v) is 3.33. The predicted molar refractivity (Wildman–Crippen MR) is 100 cm³/mol. The topological polar surface area (TPSA) is 64.1 Å². The monoisotopic (exact) mass is 407 g/mol. The zero-order chi connectivity index (χ0) is 20.4. The molecule has 0 spiro atoms. The Labute approximate surface area is 165 Å². The summed E-state index contributed by atoms with van der Waals surface area (Å²) in [4.78, 5) is 4.15. The van der Waals surface area contributed by atoms with E-state index in [4.69, 9.17) is 9.47 Å². The Balaban J connectivity index is 1.40. The number of nitrogens with zero attached hydrogens (tertiary/aromatic N) is 1. The van der Waals surface area contributed by atoms with Gasteiger partial charge in [-0.2, -0.15) is 8.78 Å². The number of hydrogen-bond acceptors (Lipinski definition) is 4. The molecule has 2 N–H and O–H groups in total. The van der Waals surface area contributed by atoms with Gasteiger partial charge in [-0.1, -0.05) is 18.2 Å². The van der Waals surface area contributed by atoms with E-state index >= 15 is 0 Å². The molecular weight excluding hydrogens is 387 g/mol. The zero-order valence-corrected chi connectivity index (χ0v) is 15.6. The highest BCUT2D eigenvalue weighted by atomic mass is 19.3. The van der Waals surface area contributed by atoms with E-state index < -0.39 is 6.61 Å². The van der Waals surface area contributed by atoms with Crippen LogP contribution in [0.4, 0.5) is 13.2 Å². The standard InChI is InChI=1S/C20H20F3N3O3/c1-24-20(26-15-7-13(15)12-4-2-3-5-14(12)21)25-9-11-6-17-18(28-10-27-17)8-16(11)29-19(22)23/h2-6,8,13,15,19H,7,9-10H2,1H3,(H2,24,25,26). The summed E-state index contributed by atoms with van der Waals surface area (Å²) in [6.07, 6.45) is 0.783. The third kappa shape index (κ3) is 4.33. The minimum Gasteiger partial charge on any atom is -0.454 e. The molecule has 1 heterocycles. The number of benzene rings is 2. The Morgan fingerprint density at radius 2 is 2.00 bits per heavy atom. The summed E-state index contributed by atoms with van der Waals surface area (Å²) in [6.45, 7) is -2.75. The second-order valence-electron chi connectivity index (χ2n) is 6.73. The van der Waals surface area contributed by atoms with Gasteiger partial charge in [0.1, 0.15) is 11.6 Å². The lowest BCUT2D eigenvalue weighted by Crippen LogP contribution is -2.38. The van der Waals surface area contributed by atoms with Crippen LogP contribution < -0.4 is 24.8 Å². The highest BCUT2D eigenvalue weighted by Gasteiger charge is 2.40. The third-order valence-corrected chi connectivity index (χ3v) is 4.86. The van der Waals surface area contributed by atoms with E-state index in [0.717, 1.165) is 6.42 Å². The molecule has 1 aliphatic heterocycles. The summed E-state index contributed by atoms with van der Waals surface area (Å²) in [5.41, 5.74) is 1.14. The Hall–Kier alpha value is -3.10. The average molecular weight is 407 g/mol. The summed E-state index contributed by atoms with van der Waals surface area (Å²) < 4.78 is 54.6. The minimum absolute atomic E-state index is 0.00265. The molecule has 2 aromatic rings. The van der Waals surface area contributed by atoms with Crippen molar-refractivity contribution in [2.75, 3.05) is 13.8 Å². The highest BCUT2D eigenvalue weighted by Crippen LogP contribution is 2.42. The van der Waals surface area contributed by atoms with Crippen molar-refractivity contribution in [2.24, 2.45) is 4.99 Å². The molecule has 9 heteroatoms. The van der Waals surface area contributed by atoms with Gasteiger partial charge < -0.3 is 24.8 Å². The SMILES string of the molecule is CN=C(NCc1cc2c(cc1OC(F)F)OCO2)NC1CC1c1ccccc1F. The van der Waals surface area contributed by atoms with E-state index in [1.807, 2.05) is 6.07 Å². The number of ether oxygens (including phenoxy) is 3. The van der Waals surface area contributed by atoms with Gasteiger partial charge in [-0.15, -0.1) is 0 Å². The van der Waals surface area contributed by atoms with E-state index in [2.05, 4.69) is 20.4 Å². The van der Waals surface area contributed by atoms with Crippen molar-refractivity contribution in [3.05, 3.63) is 53.3 Å². The van der Waals surface area contributed by atoms with Gasteiger partial charge in [0.25, 0.3) is 0 Å². The minimum atomic E-state index is -2.96. The second kappa shape index (κ2) is 8.10. The van der Waals surface area contributed by atoms with Crippen LogP contribution in [0.25, 0.3) is 0 Å². The van der Waals surface area contributed by atoms with E-state index in [9.17, 15) is 13.2 Å². The highest BCUT2D eigenvalue weighted by molar-refractivity contribution is 5.80. The lowest BCUT2D eigenvalue weighted by Gasteiger charge is -2.15. The Morgan fingerprint density at radius 3 is 2.72 bits per heavy atom. The van der Waals surface area contributed by atoms with Crippen LogP contribution >= 0.6 is 0 Å². The lowest BCUT2D eigenvalue weighted by molar-refractivity contribution is -0.0505. The first-order valence-corrected chi connectivity index (χ1v) is 9.14. The van der Waals surface area contributed by atoms with Crippen molar-refractivity contribution < 1.29 is 27.4 Å². The lowest BCUT2D eigenvalue weighted by atomic mass is 10.1. The maximum atomic E-state index is 13.9. The number of alkyl halides is 2. The summed E-state index contributed by atoms with van der Waals surface area (Å²) in [5.74, 6) is 1.15. The first-order valence-electron chi connectivity index (χ1n) is 9.14. The summed E-state index contributed by atoms with van der Waals surface area (Å²) in [7, 11) is 1.60. The maximum Gasteiger partial charge on any atom is 0.387 e. The normalized spacial score (nSPS) is 20.0. The number of halogens is 3. The van der Waals surface area contributed by atoms with Gasteiger partial charge in [0.05, 0.1) is 0 Å². The molecule has 2 aliphatic rings. The van der Waals surface area contributed by atoms with E-state index in [1.54, 1.807) is 25.2 Å². The number of fused-ring (bicyclic) bond motifs is 1. The molecule has 6 nitrogen and oxygen atoms in total. The van der Waals surface area contributed by atoms with Crippen LogP contribution in [0.2, 0.25) is 0 Å².